The summed E-state index contributed by atoms with van der Waals surface area (Å²) in [6.07, 6.45) is 7.60. The lowest BCUT2D eigenvalue weighted by molar-refractivity contribution is -0.531. The minimum atomic E-state index is 0. The molecule has 2 nitrogen and oxygen atoms in total. The number of ketones is 1. The lowest BCUT2D eigenvalue weighted by atomic mass is 9.77. The number of carbonyl (C=O) groups excluding carboxylic acids is 1. The molecule has 0 bridgehead atoms. The van der Waals surface area contributed by atoms with Crippen molar-refractivity contribution in [2.45, 2.75) is 64.7 Å². The molecule has 1 aliphatic rings. The van der Waals surface area contributed by atoms with Gasteiger partial charge in [-0.25, -0.2) is 4.58 Å². The van der Waals surface area contributed by atoms with Gasteiger partial charge in [-0.3, -0.25) is 4.79 Å². The first-order valence-corrected chi connectivity index (χ1v) is 11.0. The summed E-state index contributed by atoms with van der Waals surface area (Å²) >= 11 is 0. The van der Waals surface area contributed by atoms with Gasteiger partial charge in [-0.1, -0.05) is 81.3 Å². The van der Waals surface area contributed by atoms with Gasteiger partial charge in [0.05, 0.1) is 5.92 Å². The first kappa shape index (κ1) is 23.5. The van der Waals surface area contributed by atoms with E-state index in [2.05, 4.69) is 42.7 Å². The summed E-state index contributed by atoms with van der Waals surface area (Å²) in [5.41, 5.74) is 5.11. The van der Waals surface area contributed by atoms with Gasteiger partial charge in [0.1, 0.15) is 13.1 Å². The molecule has 0 saturated heterocycles. The fourth-order valence-corrected chi connectivity index (χ4v) is 4.35. The minimum absolute atomic E-state index is 0. The van der Waals surface area contributed by atoms with Crippen LogP contribution >= 0.6 is 0 Å². The Kier molecular flexibility index (Phi) is 9.80. The van der Waals surface area contributed by atoms with Crippen molar-refractivity contribution >= 4 is 11.5 Å². The Balaban J connectivity index is 0.00000300. The van der Waals surface area contributed by atoms with E-state index in [1.54, 1.807) is 0 Å². The quantitative estimate of drug-likeness (QED) is 0.420. The van der Waals surface area contributed by atoms with Crippen LogP contribution in [0.3, 0.4) is 0 Å². The molecule has 0 aromatic heterocycles. The zero-order valence-corrected chi connectivity index (χ0v) is 19.5. The van der Waals surface area contributed by atoms with Gasteiger partial charge < -0.3 is 17.0 Å². The number of carbonyl (C=O) groups is 1. The molecule has 3 rings (SSSR count). The minimum Gasteiger partial charge on any atom is -1.00 e. The van der Waals surface area contributed by atoms with Gasteiger partial charge in [-0.05, 0) is 17.5 Å². The fourth-order valence-electron chi connectivity index (χ4n) is 4.35. The average Bonchev–Trinajstić information content (AvgIpc) is 2.75. The largest absolute Gasteiger partial charge is 1.00 e. The van der Waals surface area contributed by atoms with Crippen LogP contribution in [-0.4, -0.2) is 29.2 Å². The van der Waals surface area contributed by atoms with Crippen LogP contribution in [0.1, 0.15) is 79.8 Å². The Hall–Kier alpha value is -1.74. The van der Waals surface area contributed by atoms with E-state index >= 15 is 0 Å². The number of benzene rings is 2. The SMILES string of the molecule is CCCC[N+](CCCC)=C1CCc2ccccc2C1CC(=O)c1ccccc1.[Br-]. The van der Waals surface area contributed by atoms with Gasteiger partial charge in [-0.2, -0.15) is 0 Å². The molecule has 3 heteroatoms. The highest BCUT2D eigenvalue weighted by atomic mass is 79.9. The highest BCUT2D eigenvalue weighted by Crippen LogP contribution is 2.33. The van der Waals surface area contributed by atoms with E-state index in [0.717, 1.165) is 31.5 Å². The highest BCUT2D eigenvalue weighted by molar-refractivity contribution is 6.01. The third-order valence-corrected chi connectivity index (χ3v) is 5.94. The van der Waals surface area contributed by atoms with Crippen molar-refractivity contribution in [1.82, 2.24) is 0 Å². The fraction of sp³-hybridized carbons (Fsp3) is 0.462. The number of nitrogens with zero attached hydrogens (tertiary/aromatic N) is 1. The van der Waals surface area contributed by atoms with E-state index in [0.29, 0.717) is 6.42 Å². The number of unbranched alkanes of at least 4 members (excludes halogenated alkanes) is 2. The lowest BCUT2D eigenvalue weighted by Crippen LogP contribution is -3.00. The highest BCUT2D eigenvalue weighted by Gasteiger charge is 2.33. The van der Waals surface area contributed by atoms with Gasteiger partial charge in [0, 0.05) is 31.2 Å². The van der Waals surface area contributed by atoms with E-state index in [-0.39, 0.29) is 28.7 Å². The third kappa shape index (κ3) is 6.12. The van der Waals surface area contributed by atoms with Gasteiger partial charge >= 0.3 is 0 Å². The van der Waals surface area contributed by atoms with Crippen molar-refractivity contribution in [3.05, 3.63) is 71.3 Å². The topological polar surface area (TPSA) is 20.1 Å². The number of hydrogen-bond acceptors (Lipinski definition) is 1. The zero-order valence-electron chi connectivity index (χ0n) is 17.9. The summed E-state index contributed by atoms with van der Waals surface area (Å²) < 4.78 is 2.62. The van der Waals surface area contributed by atoms with Crippen molar-refractivity contribution < 1.29 is 26.4 Å². The molecule has 0 heterocycles. The first-order valence-electron chi connectivity index (χ1n) is 11.0. The van der Waals surface area contributed by atoms with Gasteiger partial charge in [-0.15, -0.1) is 0 Å². The molecule has 0 radical (unpaired) electrons. The van der Waals surface area contributed by atoms with Crippen LogP contribution in [0.2, 0.25) is 0 Å². The molecule has 0 aliphatic heterocycles. The number of hydrogen-bond donors (Lipinski definition) is 0. The molecule has 2 aromatic rings. The molecule has 0 N–H and O–H groups in total. The van der Waals surface area contributed by atoms with E-state index in [4.69, 9.17) is 0 Å². The third-order valence-electron chi connectivity index (χ3n) is 5.94. The zero-order chi connectivity index (χ0) is 19.8. The molecule has 1 aliphatic carbocycles. The van der Waals surface area contributed by atoms with Gasteiger partial charge in [0.15, 0.2) is 11.5 Å². The van der Waals surface area contributed by atoms with Gasteiger partial charge in [0.2, 0.25) is 0 Å². The Morgan fingerprint density at radius 2 is 1.52 bits per heavy atom. The second kappa shape index (κ2) is 12.1. The van der Waals surface area contributed by atoms with Crippen molar-refractivity contribution in [3.63, 3.8) is 0 Å². The molecule has 0 amide bonds. The van der Waals surface area contributed by atoms with Gasteiger partial charge in [0.25, 0.3) is 0 Å². The molecule has 1 unspecified atom stereocenters. The number of aryl methyl sites for hydroxylation is 1. The smallest absolute Gasteiger partial charge is 0.164 e. The molecule has 156 valence electrons. The summed E-state index contributed by atoms with van der Waals surface area (Å²) in [6.45, 7) is 6.75. The Bertz CT molecular complexity index is 802. The van der Waals surface area contributed by atoms with Crippen LogP contribution < -0.4 is 17.0 Å². The number of rotatable bonds is 9. The van der Waals surface area contributed by atoms with Crippen molar-refractivity contribution in [2.75, 3.05) is 13.1 Å². The Morgan fingerprint density at radius 1 is 0.897 bits per heavy atom. The molecular weight excluding hydrogens is 422 g/mol. The predicted octanol–water partition coefficient (Wildman–Crippen LogP) is 3.05. The monoisotopic (exact) mass is 455 g/mol. The summed E-state index contributed by atoms with van der Waals surface area (Å²) in [7, 11) is 0. The van der Waals surface area contributed by atoms with Crippen LogP contribution in [0.25, 0.3) is 0 Å². The van der Waals surface area contributed by atoms with E-state index in [1.807, 2.05) is 30.3 Å². The molecule has 29 heavy (non-hydrogen) atoms. The van der Waals surface area contributed by atoms with Crippen LogP contribution in [-0.2, 0) is 6.42 Å². The lowest BCUT2D eigenvalue weighted by Gasteiger charge is -2.26. The molecule has 0 spiro atoms. The molecule has 1 atom stereocenters. The average molecular weight is 456 g/mol. The Labute approximate surface area is 186 Å². The van der Waals surface area contributed by atoms with Crippen LogP contribution in [0.4, 0.5) is 0 Å². The summed E-state index contributed by atoms with van der Waals surface area (Å²) in [4.78, 5) is 13.1. The first-order chi connectivity index (χ1) is 13.7. The van der Waals surface area contributed by atoms with Crippen molar-refractivity contribution in [2.24, 2.45) is 0 Å². The standard InChI is InChI=1S/C26H34NO.BrH/c1-3-5-18-27(19-6-4-2)25-17-16-21-12-10-11-15-23(21)24(25)20-26(28)22-13-8-7-9-14-22;/h7-15,24H,3-6,16-20H2,1-2H3;1H/q+1;/p-1. The van der Waals surface area contributed by atoms with Crippen LogP contribution in [0.15, 0.2) is 54.6 Å². The molecule has 0 saturated carbocycles. The predicted molar refractivity (Wildman–Crippen MR) is 118 cm³/mol. The maximum Gasteiger partial charge on any atom is 0.164 e. The summed E-state index contributed by atoms with van der Waals surface area (Å²) in [5.74, 6) is 0.470. The van der Waals surface area contributed by atoms with E-state index in [1.165, 1.54) is 42.5 Å². The van der Waals surface area contributed by atoms with Crippen molar-refractivity contribution in [3.8, 4) is 0 Å². The number of fused-ring (bicyclic) bond motifs is 1. The second-order valence-corrected chi connectivity index (χ2v) is 7.93. The Morgan fingerprint density at radius 3 is 2.17 bits per heavy atom. The van der Waals surface area contributed by atoms with Crippen molar-refractivity contribution in [1.29, 1.82) is 0 Å². The number of halogens is 1. The maximum atomic E-state index is 13.1. The summed E-state index contributed by atoms with van der Waals surface area (Å²) in [6, 6.07) is 18.5. The van der Waals surface area contributed by atoms with Crippen LogP contribution in [0.5, 0.6) is 0 Å². The second-order valence-electron chi connectivity index (χ2n) is 7.93. The molecule has 0 fully saturated rings. The van der Waals surface area contributed by atoms with Crippen LogP contribution in [0, 0.1) is 0 Å². The maximum absolute atomic E-state index is 13.1. The summed E-state index contributed by atoms with van der Waals surface area (Å²) in [5, 5.41) is 0. The number of Topliss-reactive ketones (excluding diaryl/α,β-unsaturated/α-hetero) is 1. The van der Waals surface area contributed by atoms with E-state index in [9.17, 15) is 4.79 Å². The normalized spacial score (nSPS) is 15.4. The molecular formula is C26H34BrNO. The molecule has 2 aromatic carbocycles. The van der Waals surface area contributed by atoms with E-state index < -0.39 is 0 Å².